The van der Waals surface area contributed by atoms with Crippen LogP contribution in [0.5, 0.6) is 5.75 Å². The largest absolute Gasteiger partial charge is 0.488 e. The summed E-state index contributed by atoms with van der Waals surface area (Å²) in [6, 6.07) is 6.92. The van der Waals surface area contributed by atoms with E-state index in [1.54, 1.807) is 24.3 Å². The quantitative estimate of drug-likeness (QED) is 0.732. The zero-order valence-corrected chi connectivity index (χ0v) is 14.8. The van der Waals surface area contributed by atoms with Gasteiger partial charge in [-0.25, -0.2) is 0 Å². The van der Waals surface area contributed by atoms with E-state index >= 15 is 0 Å². The van der Waals surface area contributed by atoms with Crippen molar-refractivity contribution in [3.8, 4) is 5.75 Å². The van der Waals surface area contributed by atoms with Crippen molar-refractivity contribution < 1.29 is 23.4 Å². The molecule has 0 bridgehead atoms. The molecule has 1 fully saturated rings. The van der Waals surface area contributed by atoms with Gasteiger partial charge in [-0.1, -0.05) is 0 Å². The molecule has 0 radical (unpaired) electrons. The van der Waals surface area contributed by atoms with Crippen LogP contribution in [0.3, 0.4) is 0 Å². The maximum Gasteiger partial charge on any atom is 0.304 e. The van der Waals surface area contributed by atoms with E-state index in [9.17, 15) is 13.9 Å². The third kappa shape index (κ3) is 3.98. The monoisotopic (exact) mass is 343 g/mol. The highest BCUT2D eigenvalue weighted by Gasteiger charge is 2.50. The van der Waals surface area contributed by atoms with Crippen LogP contribution in [0.25, 0.3) is 0 Å². The molecule has 0 amide bonds. The zero-order valence-electron chi connectivity index (χ0n) is 14.0. The molecule has 130 valence electrons. The molecule has 1 heterocycles. The summed E-state index contributed by atoms with van der Waals surface area (Å²) < 4.78 is 32.3. The minimum absolute atomic E-state index is 0.139. The average Bonchev–Trinajstić information content (AvgIpc) is 2.40. The molecule has 1 aromatic carbocycles. The van der Waals surface area contributed by atoms with Gasteiger partial charge in [-0.05, 0) is 45.0 Å². The molecule has 0 spiro atoms. The summed E-state index contributed by atoms with van der Waals surface area (Å²) in [6.45, 7) is 7.74. The fourth-order valence-electron chi connectivity index (χ4n) is 2.56. The Morgan fingerprint density at radius 1 is 1.26 bits per heavy atom. The van der Waals surface area contributed by atoms with E-state index in [2.05, 4.69) is 5.32 Å². The molecule has 1 atom stereocenters. The van der Waals surface area contributed by atoms with Crippen molar-refractivity contribution >= 4 is 16.6 Å². The van der Waals surface area contributed by atoms with Crippen LogP contribution in [-0.4, -0.2) is 39.5 Å². The first-order valence-electron chi connectivity index (χ1n) is 7.51. The fourth-order valence-corrected chi connectivity index (χ4v) is 4.42. The van der Waals surface area contributed by atoms with Crippen molar-refractivity contribution in [2.75, 3.05) is 18.8 Å². The molecule has 0 aliphatic carbocycles. The molecule has 1 saturated heterocycles. The van der Waals surface area contributed by atoms with Gasteiger partial charge in [-0.15, -0.1) is 0 Å². The van der Waals surface area contributed by atoms with Gasteiger partial charge in [0.25, 0.3) is 0 Å². The SMILES string of the molecule is CC(=O)OC1(c2ccc(OC(C)(C)C)cc2)CNCCS1(O)O. The Morgan fingerprint density at radius 2 is 1.87 bits per heavy atom. The number of benzene rings is 1. The van der Waals surface area contributed by atoms with Gasteiger partial charge >= 0.3 is 5.97 Å². The minimum Gasteiger partial charge on any atom is -0.488 e. The Bertz CT molecular complexity index is 567. The second kappa shape index (κ2) is 6.32. The van der Waals surface area contributed by atoms with Crippen LogP contribution in [0.1, 0.15) is 33.3 Å². The molecule has 0 saturated carbocycles. The number of carbonyl (C=O) groups is 1. The average molecular weight is 343 g/mol. The first-order chi connectivity index (χ1) is 10.6. The van der Waals surface area contributed by atoms with Crippen molar-refractivity contribution in [3.63, 3.8) is 0 Å². The second-order valence-corrected chi connectivity index (χ2v) is 9.03. The van der Waals surface area contributed by atoms with Crippen LogP contribution >= 0.6 is 10.6 Å². The van der Waals surface area contributed by atoms with Crippen LogP contribution in [0.4, 0.5) is 0 Å². The van der Waals surface area contributed by atoms with Gasteiger partial charge in [0, 0.05) is 19.0 Å². The lowest BCUT2D eigenvalue weighted by atomic mass is 10.1. The summed E-state index contributed by atoms with van der Waals surface area (Å²) in [7, 11) is -3.13. The summed E-state index contributed by atoms with van der Waals surface area (Å²) in [4.78, 5) is 10.1. The van der Waals surface area contributed by atoms with E-state index in [0.717, 1.165) is 0 Å². The van der Waals surface area contributed by atoms with E-state index in [-0.39, 0.29) is 17.9 Å². The van der Waals surface area contributed by atoms with Crippen molar-refractivity contribution in [2.45, 2.75) is 38.2 Å². The topological polar surface area (TPSA) is 88.0 Å². The Morgan fingerprint density at radius 3 is 2.35 bits per heavy atom. The highest BCUT2D eigenvalue weighted by atomic mass is 32.3. The lowest BCUT2D eigenvalue weighted by Gasteiger charge is -2.52. The molecule has 1 aliphatic heterocycles. The summed E-state index contributed by atoms with van der Waals surface area (Å²) >= 11 is 0. The van der Waals surface area contributed by atoms with E-state index in [1.807, 2.05) is 20.8 Å². The number of rotatable bonds is 3. The first-order valence-corrected chi connectivity index (χ1v) is 9.23. The van der Waals surface area contributed by atoms with Crippen LogP contribution in [0.2, 0.25) is 0 Å². The number of esters is 1. The smallest absolute Gasteiger partial charge is 0.304 e. The van der Waals surface area contributed by atoms with Crippen LogP contribution in [0, 0.1) is 0 Å². The summed E-state index contributed by atoms with van der Waals surface area (Å²) in [5, 5.41) is 3.08. The molecule has 0 aromatic heterocycles. The molecule has 6 nitrogen and oxygen atoms in total. The van der Waals surface area contributed by atoms with Crippen LogP contribution < -0.4 is 10.1 Å². The molecular weight excluding hydrogens is 318 g/mol. The number of hydrogen-bond acceptors (Lipinski definition) is 6. The fraction of sp³-hybridized carbons (Fsp3) is 0.562. The minimum atomic E-state index is -3.13. The van der Waals surface area contributed by atoms with Gasteiger partial charge < -0.3 is 14.8 Å². The van der Waals surface area contributed by atoms with Crippen LogP contribution in [0.15, 0.2) is 24.3 Å². The van der Waals surface area contributed by atoms with Crippen molar-refractivity contribution in [3.05, 3.63) is 29.8 Å². The summed E-state index contributed by atoms with van der Waals surface area (Å²) in [5.41, 5.74) is 0.214. The molecule has 23 heavy (non-hydrogen) atoms. The highest BCUT2D eigenvalue weighted by Crippen LogP contribution is 2.60. The van der Waals surface area contributed by atoms with Gasteiger partial charge in [0.2, 0.25) is 4.93 Å². The molecule has 1 aromatic rings. The van der Waals surface area contributed by atoms with Gasteiger partial charge in [0.1, 0.15) is 11.4 Å². The van der Waals surface area contributed by atoms with Gasteiger partial charge in [0.05, 0.1) is 12.3 Å². The maximum absolute atomic E-state index is 11.5. The third-order valence-corrected chi connectivity index (χ3v) is 5.77. The van der Waals surface area contributed by atoms with E-state index in [4.69, 9.17) is 9.47 Å². The number of ether oxygens (including phenoxy) is 2. The van der Waals surface area contributed by atoms with Crippen LogP contribution in [-0.2, 0) is 14.5 Å². The number of hydrogen-bond donors (Lipinski definition) is 3. The Labute approximate surface area is 138 Å². The zero-order chi connectivity index (χ0) is 17.3. The van der Waals surface area contributed by atoms with E-state index in [0.29, 0.717) is 17.9 Å². The second-order valence-electron chi connectivity index (χ2n) is 6.63. The normalized spacial score (nSPS) is 25.5. The maximum atomic E-state index is 11.5. The summed E-state index contributed by atoms with van der Waals surface area (Å²) in [5.74, 6) is 0.253. The molecule has 1 aliphatic rings. The Kier molecular flexibility index (Phi) is 4.96. The first kappa shape index (κ1) is 18.1. The predicted octanol–water partition coefficient (Wildman–Crippen LogP) is 2.93. The molecular formula is C16H25NO5S. The third-order valence-electron chi connectivity index (χ3n) is 3.48. The molecule has 3 N–H and O–H groups in total. The molecule has 7 heteroatoms. The van der Waals surface area contributed by atoms with Gasteiger partial charge in [0.15, 0.2) is 0 Å². The number of nitrogens with one attached hydrogen (secondary N) is 1. The predicted molar refractivity (Wildman–Crippen MR) is 90.9 cm³/mol. The number of carbonyl (C=O) groups excluding carboxylic acids is 1. The Hall–Kier alpha value is -1.28. The lowest BCUT2D eigenvalue weighted by molar-refractivity contribution is -0.150. The van der Waals surface area contributed by atoms with E-state index < -0.39 is 21.5 Å². The van der Waals surface area contributed by atoms with Crippen molar-refractivity contribution in [2.24, 2.45) is 0 Å². The van der Waals surface area contributed by atoms with Crippen molar-refractivity contribution in [1.29, 1.82) is 0 Å². The lowest BCUT2D eigenvalue weighted by Crippen LogP contribution is -2.52. The molecule has 2 rings (SSSR count). The van der Waals surface area contributed by atoms with Gasteiger partial charge in [-0.3, -0.25) is 13.9 Å². The van der Waals surface area contributed by atoms with Crippen molar-refractivity contribution in [1.82, 2.24) is 5.32 Å². The summed E-state index contributed by atoms with van der Waals surface area (Å²) in [6.07, 6.45) is 0. The molecule has 1 unspecified atom stereocenters. The standard InChI is InChI=1S/C16H25NO5S/c1-12(18)21-16(11-17-9-10-23(16,19)20)13-5-7-14(8-6-13)22-15(2,3)4/h5-8,17,19-20H,9-11H2,1-4H3. The van der Waals surface area contributed by atoms with E-state index in [1.165, 1.54) is 6.92 Å². The Balaban J connectivity index is 2.38. The highest BCUT2D eigenvalue weighted by molar-refractivity contribution is 8.25. The van der Waals surface area contributed by atoms with Gasteiger partial charge in [-0.2, -0.15) is 10.6 Å².